The highest BCUT2D eigenvalue weighted by Crippen LogP contribution is 2.35. The van der Waals surface area contributed by atoms with E-state index in [9.17, 15) is 9.36 Å². The zero-order valence-electron chi connectivity index (χ0n) is 18.9. The molecular weight excluding hydrogens is 407 g/mol. The van der Waals surface area contributed by atoms with Gasteiger partial charge in [0.05, 0.1) is 6.61 Å². The maximum absolute atomic E-state index is 11.7. The quantitative estimate of drug-likeness (QED) is 0.100. The maximum Gasteiger partial charge on any atom is 0.469 e. The molecule has 0 heterocycles. The molecule has 0 aromatic rings. The van der Waals surface area contributed by atoms with E-state index in [2.05, 4.69) is 23.6 Å². The number of carbonyl (C=O) groups is 1. The van der Waals surface area contributed by atoms with Gasteiger partial charge in [0, 0.05) is 13.5 Å². The van der Waals surface area contributed by atoms with Crippen LogP contribution in [0.25, 0.3) is 0 Å². The first-order chi connectivity index (χ1) is 14.4. The molecule has 0 spiro atoms. The number of methoxy groups -OCH3 is 1. The summed E-state index contributed by atoms with van der Waals surface area (Å²) < 4.78 is 25.1. The van der Waals surface area contributed by atoms with Gasteiger partial charge in [0.15, 0.2) is 0 Å². The van der Waals surface area contributed by atoms with Crippen molar-refractivity contribution in [1.82, 2.24) is 0 Å². The average Bonchev–Trinajstić information content (AvgIpc) is 2.70. The van der Waals surface area contributed by atoms with E-state index in [1.54, 1.807) is 0 Å². The van der Waals surface area contributed by atoms with Crippen LogP contribution in [0.4, 0.5) is 0 Å². The summed E-state index contributed by atoms with van der Waals surface area (Å²) in [6.07, 6.45) is 19.9. The molecule has 30 heavy (non-hydrogen) atoms. The van der Waals surface area contributed by atoms with Crippen molar-refractivity contribution in [3.8, 4) is 0 Å². The summed E-state index contributed by atoms with van der Waals surface area (Å²) in [5.41, 5.74) is 0. The van der Waals surface area contributed by atoms with Gasteiger partial charge < -0.3 is 19.3 Å². The summed E-state index contributed by atoms with van der Waals surface area (Å²) in [7, 11) is -3.18. The van der Waals surface area contributed by atoms with E-state index in [0.29, 0.717) is 6.42 Å². The summed E-state index contributed by atoms with van der Waals surface area (Å²) in [5, 5.41) is 0. The lowest BCUT2D eigenvalue weighted by atomic mass is 10.1. The van der Waals surface area contributed by atoms with Crippen LogP contribution in [0.3, 0.4) is 0 Å². The number of phosphoric ester groups is 1. The molecule has 7 nitrogen and oxygen atoms in total. The first-order valence-corrected chi connectivity index (χ1v) is 13.0. The van der Waals surface area contributed by atoms with Crippen LogP contribution < -0.4 is 0 Å². The Morgan fingerprint density at radius 3 is 1.93 bits per heavy atom. The first-order valence-electron chi connectivity index (χ1n) is 11.4. The molecule has 0 aliphatic rings. The number of esters is 1. The Morgan fingerprint density at radius 2 is 1.40 bits per heavy atom. The van der Waals surface area contributed by atoms with Gasteiger partial charge in [-0.05, 0) is 32.1 Å². The lowest BCUT2D eigenvalue weighted by Gasteiger charge is -2.15. The van der Waals surface area contributed by atoms with Crippen molar-refractivity contribution in [3.63, 3.8) is 0 Å². The van der Waals surface area contributed by atoms with Crippen molar-refractivity contribution < 1.29 is 33.1 Å². The molecule has 178 valence electrons. The van der Waals surface area contributed by atoms with Crippen LogP contribution in [-0.2, 0) is 23.4 Å². The van der Waals surface area contributed by atoms with Gasteiger partial charge in [-0.15, -0.1) is 0 Å². The smallest absolute Gasteiger partial charge is 0.463 e. The number of allylic oxidation sites excluding steroid dienone is 2. The van der Waals surface area contributed by atoms with E-state index in [1.807, 2.05) is 0 Å². The van der Waals surface area contributed by atoms with E-state index < -0.39 is 13.9 Å². The summed E-state index contributed by atoms with van der Waals surface area (Å²) in [4.78, 5) is 29.0. The van der Waals surface area contributed by atoms with Crippen LogP contribution >= 0.6 is 7.82 Å². The predicted octanol–water partition coefficient (Wildman–Crippen LogP) is 5.69. The molecule has 2 N–H and O–H groups in total. The molecule has 0 saturated carbocycles. The Balaban J connectivity index is 3.47. The van der Waals surface area contributed by atoms with Crippen molar-refractivity contribution in [2.45, 2.75) is 103 Å². The number of rotatable bonds is 21. The Kier molecular flexibility index (Phi) is 19.7. The normalized spacial score (nSPS) is 13.1. The lowest BCUT2D eigenvalue weighted by Crippen LogP contribution is -2.25. The fraction of sp³-hybridized carbons (Fsp3) is 0.864. The molecular formula is C22H43O7P. The highest BCUT2D eigenvalue weighted by Gasteiger charge is 2.19. The number of ether oxygens (including phenoxy) is 2. The minimum atomic E-state index is -4.55. The molecule has 0 rings (SSSR count). The Bertz CT molecular complexity index is 476. The Morgan fingerprint density at radius 1 is 0.867 bits per heavy atom. The molecule has 0 aliphatic heterocycles. The zero-order chi connectivity index (χ0) is 22.5. The van der Waals surface area contributed by atoms with Gasteiger partial charge in [-0.25, -0.2) is 4.57 Å². The highest BCUT2D eigenvalue weighted by molar-refractivity contribution is 7.46. The van der Waals surface area contributed by atoms with Crippen molar-refractivity contribution in [2.24, 2.45) is 0 Å². The lowest BCUT2D eigenvalue weighted by molar-refractivity contribution is -0.148. The molecule has 1 unspecified atom stereocenters. The molecule has 1 atom stereocenters. The van der Waals surface area contributed by atoms with E-state index in [1.165, 1.54) is 64.9 Å². The molecule has 8 heteroatoms. The Hall–Kier alpha value is -0.720. The first kappa shape index (κ1) is 29.3. The zero-order valence-corrected chi connectivity index (χ0v) is 19.8. The van der Waals surface area contributed by atoms with E-state index in [0.717, 1.165) is 25.7 Å². The summed E-state index contributed by atoms with van der Waals surface area (Å²) in [6.45, 7) is 1.83. The van der Waals surface area contributed by atoms with Gasteiger partial charge in [-0.2, -0.15) is 0 Å². The number of carbonyl (C=O) groups excluding carboxylic acids is 1. The minimum absolute atomic E-state index is 0.0829. The molecule has 0 radical (unpaired) electrons. The van der Waals surface area contributed by atoms with E-state index in [4.69, 9.17) is 19.3 Å². The third-order valence-electron chi connectivity index (χ3n) is 4.83. The second-order valence-corrected chi connectivity index (χ2v) is 8.90. The van der Waals surface area contributed by atoms with Crippen LogP contribution in [0.2, 0.25) is 0 Å². The molecule has 0 amide bonds. The van der Waals surface area contributed by atoms with Crippen LogP contribution in [0.5, 0.6) is 0 Å². The second kappa shape index (κ2) is 20.2. The molecule has 0 bridgehead atoms. The topological polar surface area (TPSA) is 102 Å². The SMILES string of the molecule is CCCCCCCC/C=C\CCCCCCCC(=O)OCC(COP(=O)(O)O)OC. The minimum Gasteiger partial charge on any atom is -0.463 e. The molecule has 0 fully saturated rings. The predicted molar refractivity (Wildman–Crippen MR) is 119 cm³/mol. The summed E-state index contributed by atoms with van der Waals surface area (Å²) >= 11 is 0. The van der Waals surface area contributed by atoms with Crippen molar-refractivity contribution >= 4 is 13.8 Å². The third kappa shape index (κ3) is 22.0. The van der Waals surface area contributed by atoms with Gasteiger partial charge in [0.25, 0.3) is 0 Å². The van der Waals surface area contributed by atoms with Crippen molar-refractivity contribution in [3.05, 3.63) is 12.2 Å². The third-order valence-corrected chi connectivity index (χ3v) is 5.32. The van der Waals surface area contributed by atoms with Gasteiger partial charge in [-0.1, -0.05) is 70.4 Å². The molecule has 0 saturated heterocycles. The van der Waals surface area contributed by atoms with Crippen LogP contribution in [-0.4, -0.2) is 42.2 Å². The highest BCUT2D eigenvalue weighted by atomic mass is 31.2. The Labute approximate surface area is 182 Å². The van der Waals surface area contributed by atoms with Crippen molar-refractivity contribution in [2.75, 3.05) is 20.3 Å². The fourth-order valence-electron chi connectivity index (χ4n) is 2.96. The molecule has 0 aliphatic carbocycles. The van der Waals surface area contributed by atoms with E-state index >= 15 is 0 Å². The second-order valence-electron chi connectivity index (χ2n) is 7.66. The monoisotopic (exact) mass is 450 g/mol. The van der Waals surface area contributed by atoms with Gasteiger partial charge >= 0.3 is 13.8 Å². The van der Waals surface area contributed by atoms with Crippen LogP contribution in [0.1, 0.15) is 96.8 Å². The number of unbranched alkanes of at least 4 members (excludes halogenated alkanes) is 11. The number of phosphoric acid groups is 1. The van der Waals surface area contributed by atoms with Gasteiger partial charge in [0.1, 0.15) is 12.7 Å². The summed E-state index contributed by atoms with van der Waals surface area (Å²) in [5.74, 6) is -0.328. The van der Waals surface area contributed by atoms with E-state index in [-0.39, 0.29) is 19.2 Å². The van der Waals surface area contributed by atoms with Gasteiger partial charge in [0.2, 0.25) is 0 Å². The average molecular weight is 451 g/mol. The standard InChI is InChI=1S/C22H43O7P/c1-3-4-5-6-7-8-9-10-11-12-13-14-15-16-17-18-22(23)28-19-21(27-2)20-29-30(24,25)26/h10-11,21H,3-9,12-20H2,1-2H3,(H2,24,25,26)/b11-10-. The largest absolute Gasteiger partial charge is 0.469 e. The molecule has 0 aromatic heterocycles. The fourth-order valence-corrected chi connectivity index (χ4v) is 3.32. The van der Waals surface area contributed by atoms with Gasteiger partial charge in [-0.3, -0.25) is 9.32 Å². The van der Waals surface area contributed by atoms with Crippen LogP contribution in [0, 0.1) is 0 Å². The maximum atomic E-state index is 11.7. The van der Waals surface area contributed by atoms with Crippen molar-refractivity contribution in [1.29, 1.82) is 0 Å². The number of hydrogen-bond donors (Lipinski definition) is 2. The summed E-state index contributed by atoms with van der Waals surface area (Å²) in [6, 6.07) is 0. The number of hydrogen-bond acceptors (Lipinski definition) is 5. The molecule has 0 aromatic carbocycles. The van der Waals surface area contributed by atoms with Crippen LogP contribution in [0.15, 0.2) is 12.2 Å².